The third-order valence-electron chi connectivity index (χ3n) is 3.79. The smallest absolute Gasteiger partial charge is 0.404 e. The van der Waals surface area contributed by atoms with Gasteiger partial charge < -0.3 is 10.4 Å². The van der Waals surface area contributed by atoms with Gasteiger partial charge in [-0.2, -0.15) is 0 Å². The van der Waals surface area contributed by atoms with Gasteiger partial charge in [-0.15, -0.1) is 0 Å². The van der Waals surface area contributed by atoms with Crippen molar-refractivity contribution in [3.8, 4) is 5.69 Å². The Morgan fingerprint density at radius 3 is 2.64 bits per heavy atom. The van der Waals surface area contributed by atoms with Crippen molar-refractivity contribution in [1.82, 2.24) is 14.9 Å². The van der Waals surface area contributed by atoms with E-state index in [1.165, 1.54) is 16.7 Å². The Morgan fingerprint density at radius 2 is 1.88 bits per heavy atom. The molecule has 0 unspecified atom stereocenters. The maximum absolute atomic E-state index is 14.3. The lowest BCUT2D eigenvalue weighted by atomic mass is 10.2. The van der Waals surface area contributed by atoms with E-state index in [2.05, 4.69) is 10.3 Å². The molecule has 3 rings (SSSR count). The topological polar surface area (TPSA) is 84.2 Å². The summed E-state index contributed by atoms with van der Waals surface area (Å²) >= 11 is 0. The van der Waals surface area contributed by atoms with Gasteiger partial charge in [-0.05, 0) is 30.7 Å². The number of hydrogen-bond donors (Lipinski definition) is 2. The van der Waals surface area contributed by atoms with Crippen LogP contribution in [0, 0.1) is 5.82 Å². The summed E-state index contributed by atoms with van der Waals surface area (Å²) in [6.45, 7) is 0.218. The average Bonchev–Trinajstić information content (AvgIpc) is 2.60. The van der Waals surface area contributed by atoms with E-state index in [4.69, 9.17) is 5.11 Å². The van der Waals surface area contributed by atoms with Crippen LogP contribution in [0.25, 0.3) is 16.6 Å². The Hall–Kier alpha value is -3.22. The molecule has 128 valence electrons. The minimum absolute atomic E-state index is 0.131. The van der Waals surface area contributed by atoms with Crippen molar-refractivity contribution in [3.05, 3.63) is 70.5 Å². The van der Waals surface area contributed by atoms with E-state index in [1.807, 2.05) is 0 Å². The minimum Gasteiger partial charge on any atom is -0.465 e. The minimum atomic E-state index is -1.11. The largest absolute Gasteiger partial charge is 0.465 e. The van der Waals surface area contributed by atoms with Crippen LogP contribution in [-0.4, -0.2) is 27.3 Å². The van der Waals surface area contributed by atoms with E-state index in [9.17, 15) is 14.0 Å². The summed E-state index contributed by atoms with van der Waals surface area (Å²) in [4.78, 5) is 27.9. The lowest BCUT2D eigenvalue weighted by Crippen LogP contribution is -2.26. The maximum Gasteiger partial charge on any atom is 0.404 e. The summed E-state index contributed by atoms with van der Waals surface area (Å²) in [5.74, 6) is -0.132. The average molecular weight is 341 g/mol. The highest BCUT2D eigenvalue weighted by Crippen LogP contribution is 2.16. The fourth-order valence-corrected chi connectivity index (χ4v) is 2.67. The summed E-state index contributed by atoms with van der Waals surface area (Å²) in [7, 11) is 0. The molecule has 7 heteroatoms. The van der Waals surface area contributed by atoms with Crippen LogP contribution in [-0.2, 0) is 6.42 Å². The van der Waals surface area contributed by atoms with Crippen molar-refractivity contribution in [2.45, 2.75) is 12.8 Å². The van der Waals surface area contributed by atoms with Gasteiger partial charge in [-0.3, -0.25) is 9.36 Å². The molecule has 0 atom stereocenters. The van der Waals surface area contributed by atoms with Gasteiger partial charge in [-0.1, -0.05) is 24.3 Å². The van der Waals surface area contributed by atoms with Crippen molar-refractivity contribution in [1.29, 1.82) is 0 Å². The van der Waals surface area contributed by atoms with Crippen LogP contribution < -0.4 is 10.9 Å². The van der Waals surface area contributed by atoms with Gasteiger partial charge in [0.1, 0.15) is 11.6 Å². The number of benzene rings is 2. The number of amides is 1. The zero-order valence-electron chi connectivity index (χ0n) is 13.3. The lowest BCUT2D eigenvalue weighted by molar-refractivity contribution is 0.194. The van der Waals surface area contributed by atoms with Gasteiger partial charge in [-0.25, -0.2) is 14.2 Å². The first-order chi connectivity index (χ1) is 12.1. The molecule has 0 spiro atoms. The molecule has 0 aliphatic heterocycles. The van der Waals surface area contributed by atoms with E-state index in [1.54, 1.807) is 36.4 Å². The number of halogens is 1. The van der Waals surface area contributed by atoms with Crippen LogP contribution in [0.5, 0.6) is 0 Å². The molecule has 0 radical (unpaired) electrons. The highest BCUT2D eigenvalue weighted by atomic mass is 19.1. The number of aryl methyl sites for hydroxylation is 1. The van der Waals surface area contributed by atoms with Crippen LogP contribution in [0.1, 0.15) is 12.2 Å². The Labute approximate surface area is 142 Å². The number of aromatic nitrogens is 2. The quantitative estimate of drug-likeness (QED) is 0.699. The van der Waals surface area contributed by atoms with Crippen molar-refractivity contribution >= 4 is 17.0 Å². The number of nitrogens with zero attached hydrogens (tertiary/aromatic N) is 2. The number of para-hydroxylation sites is 2. The zero-order valence-corrected chi connectivity index (χ0v) is 13.3. The fourth-order valence-electron chi connectivity index (χ4n) is 2.67. The summed E-state index contributed by atoms with van der Waals surface area (Å²) in [5, 5.41) is 11.3. The molecular formula is C18H16FN3O3. The van der Waals surface area contributed by atoms with Gasteiger partial charge in [0.2, 0.25) is 0 Å². The summed E-state index contributed by atoms with van der Waals surface area (Å²) in [6.07, 6.45) is -0.349. The molecule has 2 N–H and O–H groups in total. The van der Waals surface area contributed by atoms with E-state index < -0.39 is 11.9 Å². The second kappa shape index (κ2) is 7.12. The predicted octanol–water partition coefficient (Wildman–Crippen LogP) is 2.73. The monoisotopic (exact) mass is 341 g/mol. The normalized spacial score (nSPS) is 10.8. The lowest BCUT2D eigenvalue weighted by Gasteiger charge is -2.14. The number of fused-ring (bicyclic) bond motifs is 1. The van der Waals surface area contributed by atoms with Crippen molar-refractivity contribution < 1.29 is 14.3 Å². The van der Waals surface area contributed by atoms with Gasteiger partial charge in [0.15, 0.2) is 0 Å². The van der Waals surface area contributed by atoms with E-state index in [0.29, 0.717) is 29.6 Å². The Balaban J connectivity index is 2.10. The number of nitrogens with one attached hydrogen (secondary N) is 1. The molecule has 0 bridgehead atoms. The maximum atomic E-state index is 14.3. The molecule has 0 aliphatic rings. The third kappa shape index (κ3) is 3.50. The van der Waals surface area contributed by atoms with Crippen molar-refractivity contribution in [2.75, 3.05) is 6.54 Å². The van der Waals surface area contributed by atoms with E-state index in [-0.39, 0.29) is 17.8 Å². The molecule has 0 fully saturated rings. The SMILES string of the molecule is O=C(O)NCCCc1nc2ccccc2c(=O)n1-c1ccccc1F. The highest BCUT2D eigenvalue weighted by molar-refractivity contribution is 5.77. The molecule has 25 heavy (non-hydrogen) atoms. The summed E-state index contributed by atoms with van der Waals surface area (Å²) in [6, 6.07) is 12.9. The summed E-state index contributed by atoms with van der Waals surface area (Å²) < 4.78 is 15.5. The standard InChI is InChI=1S/C18H16FN3O3/c19-13-7-2-4-9-15(13)22-16(10-5-11-20-18(24)25)21-14-8-3-1-6-12(14)17(22)23/h1-4,6-9,20H,5,10-11H2,(H,24,25). The Kier molecular flexibility index (Phi) is 4.74. The second-order valence-electron chi connectivity index (χ2n) is 5.47. The molecule has 6 nitrogen and oxygen atoms in total. The van der Waals surface area contributed by atoms with Gasteiger partial charge in [0.25, 0.3) is 5.56 Å². The first-order valence-electron chi connectivity index (χ1n) is 7.80. The van der Waals surface area contributed by atoms with Gasteiger partial charge in [0.05, 0.1) is 16.6 Å². The number of rotatable bonds is 5. The molecule has 1 heterocycles. The first-order valence-corrected chi connectivity index (χ1v) is 7.80. The molecule has 0 aliphatic carbocycles. The Morgan fingerprint density at radius 1 is 1.16 bits per heavy atom. The zero-order chi connectivity index (χ0) is 17.8. The fraction of sp³-hybridized carbons (Fsp3) is 0.167. The second-order valence-corrected chi connectivity index (χ2v) is 5.47. The van der Waals surface area contributed by atoms with E-state index >= 15 is 0 Å². The Bertz CT molecular complexity index is 985. The van der Waals surface area contributed by atoms with Crippen LogP contribution in [0.2, 0.25) is 0 Å². The molecule has 3 aromatic rings. The van der Waals surface area contributed by atoms with Crippen LogP contribution in [0.15, 0.2) is 53.3 Å². The number of hydrogen-bond acceptors (Lipinski definition) is 3. The highest BCUT2D eigenvalue weighted by Gasteiger charge is 2.15. The molecule has 1 amide bonds. The van der Waals surface area contributed by atoms with E-state index in [0.717, 1.165) is 0 Å². The van der Waals surface area contributed by atoms with Crippen LogP contribution in [0.4, 0.5) is 9.18 Å². The predicted molar refractivity (Wildman–Crippen MR) is 91.6 cm³/mol. The van der Waals surface area contributed by atoms with Gasteiger partial charge in [0, 0.05) is 13.0 Å². The molecule has 0 saturated carbocycles. The van der Waals surface area contributed by atoms with Gasteiger partial charge >= 0.3 is 6.09 Å². The van der Waals surface area contributed by atoms with Crippen molar-refractivity contribution in [3.63, 3.8) is 0 Å². The molecule has 1 aromatic heterocycles. The van der Waals surface area contributed by atoms with Crippen LogP contribution in [0.3, 0.4) is 0 Å². The molecule has 2 aromatic carbocycles. The summed E-state index contributed by atoms with van der Waals surface area (Å²) in [5.41, 5.74) is 0.310. The molecular weight excluding hydrogens is 325 g/mol. The first kappa shape index (κ1) is 16.6. The number of carboxylic acid groups (broad SMARTS) is 1. The molecule has 0 saturated heterocycles. The van der Waals surface area contributed by atoms with Crippen molar-refractivity contribution in [2.24, 2.45) is 0 Å². The number of carbonyl (C=O) groups is 1. The van der Waals surface area contributed by atoms with Crippen LogP contribution >= 0.6 is 0 Å². The third-order valence-corrected chi connectivity index (χ3v) is 3.79.